The summed E-state index contributed by atoms with van der Waals surface area (Å²) in [6.07, 6.45) is -3.96. The number of rotatable bonds is 19. The molecular formula is C27H35ClN4O12. The quantitative estimate of drug-likeness (QED) is 0.0985. The van der Waals surface area contributed by atoms with E-state index in [1.54, 1.807) is 30.3 Å². The lowest BCUT2D eigenvalue weighted by molar-refractivity contribution is -0.141. The molecule has 0 spiro atoms. The molecule has 44 heavy (non-hydrogen) atoms. The Morgan fingerprint density at radius 2 is 1.27 bits per heavy atom. The van der Waals surface area contributed by atoms with Gasteiger partial charge in [0.2, 0.25) is 17.7 Å². The number of halogens is 1. The molecule has 0 aliphatic rings. The van der Waals surface area contributed by atoms with Gasteiger partial charge in [0, 0.05) is 6.42 Å². The molecule has 17 heteroatoms. The van der Waals surface area contributed by atoms with Crippen molar-refractivity contribution in [3.63, 3.8) is 0 Å². The van der Waals surface area contributed by atoms with Crippen LogP contribution < -0.4 is 21.3 Å². The van der Waals surface area contributed by atoms with E-state index < -0.39 is 109 Å². The Morgan fingerprint density at radius 1 is 0.727 bits per heavy atom. The fraction of sp³-hybridized carbons (Fsp3) is 0.481. The third-order valence-electron chi connectivity index (χ3n) is 5.94. The van der Waals surface area contributed by atoms with Crippen molar-refractivity contribution in [2.45, 2.75) is 70.3 Å². The van der Waals surface area contributed by atoms with Gasteiger partial charge in [0.05, 0.1) is 24.8 Å². The maximum Gasteiger partial charge on any atom is 0.408 e. The highest BCUT2D eigenvalue weighted by atomic mass is 35.5. The number of amides is 4. The van der Waals surface area contributed by atoms with Crippen molar-refractivity contribution in [2.75, 3.05) is 5.88 Å². The zero-order chi connectivity index (χ0) is 33.4. The predicted octanol–water partition coefficient (Wildman–Crippen LogP) is 0.0139. The van der Waals surface area contributed by atoms with Crippen molar-refractivity contribution in [1.82, 2.24) is 21.3 Å². The zero-order valence-electron chi connectivity index (χ0n) is 23.9. The SMILES string of the molecule is CC(C)[C@@H](NC(=O)[C@@H](CCC(=O)O)NC(=O)[C@@H](CC(=O)O)NC(=O)OCc1ccccc1)C(=O)N[C@H](CC(=O)O)C(=O)CCl. The number of hydrogen-bond donors (Lipinski definition) is 7. The van der Waals surface area contributed by atoms with Gasteiger partial charge in [-0.2, -0.15) is 0 Å². The van der Waals surface area contributed by atoms with Gasteiger partial charge in [0.25, 0.3) is 0 Å². The van der Waals surface area contributed by atoms with Gasteiger partial charge >= 0.3 is 24.0 Å². The van der Waals surface area contributed by atoms with Crippen LogP contribution in [-0.4, -0.2) is 92.9 Å². The molecule has 0 aliphatic heterocycles. The molecule has 0 saturated heterocycles. The second-order valence-corrected chi connectivity index (χ2v) is 10.1. The minimum atomic E-state index is -1.74. The number of carbonyl (C=O) groups is 8. The van der Waals surface area contributed by atoms with E-state index in [9.17, 15) is 43.5 Å². The molecule has 242 valence electrons. The second-order valence-electron chi connectivity index (χ2n) is 9.84. The monoisotopic (exact) mass is 642 g/mol. The molecule has 7 N–H and O–H groups in total. The Labute approximate surface area is 256 Å². The molecule has 1 aromatic carbocycles. The first-order valence-corrected chi connectivity index (χ1v) is 13.8. The number of Topliss-reactive ketones (excluding diaryl/α,β-unsaturated/α-hetero) is 1. The standard InChI is InChI=1S/C27H35ClN4O12/c1-14(2)23(26(42)30-17(10-21(36)37)19(33)12-28)32-24(40)16(8-9-20(34)35)29-25(41)18(11-22(38)39)31-27(43)44-13-15-6-4-3-5-7-15/h3-7,14,16-18,23H,8-13H2,1-2H3,(H,29,41)(H,30,42)(H,31,43)(H,32,40)(H,34,35)(H,36,37)(H,38,39)/t16-,17-,18-,23-/m1/s1. The number of carboxylic acids is 3. The van der Waals surface area contributed by atoms with Gasteiger partial charge in [0.15, 0.2) is 5.78 Å². The van der Waals surface area contributed by atoms with Crippen LogP contribution in [0, 0.1) is 5.92 Å². The molecule has 4 amide bonds. The first-order chi connectivity index (χ1) is 20.6. The van der Waals surface area contributed by atoms with E-state index in [0.717, 1.165) is 0 Å². The minimum absolute atomic E-state index is 0.194. The highest BCUT2D eigenvalue weighted by Gasteiger charge is 2.34. The Hall–Kier alpha value is -4.73. The van der Waals surface area contributed by atoms with Gasteiger partial charge in [0.1, 0.15) is 24.7 Å². The van der Waals surface area contributed by atoms with Gasteiger partial charge in [-0.3, -0.25) is 33.6 Å². The summed E-state index contributed by atoms with van der Waals surface area (Å²) in [7, 11) is 0. The molecule has 0 fully saturated rings. The van der Waals surface area contributed by atoms with E-state index in [2.05, 4.69) is 21.3 Å². The number of nitrogens with one attached hydrogen (secondary N) is 4. The summed E-state index contributed by atoms with van der Waals surface area (Å²) in [5.74, 6) is -9.41. The predicted molar refractivity (Wildman–Crippen MR) is 151 cm³/mol. The van der Waals surface area contributed by atoms with Crippen molar-refractivity contribution in [3.05, 3.63) is 35.9 Å². The largest absolute Gasteiger partial charge is 0.481 e. The van der Waals surface area contributed by atoms with Crippen LogP contribution in [-0.2, 0) is 44.9 Å². The van der Waals surface area contributed by atoms with Crippen LogP contribution in [0.5, 0.6) is 0 Å². The second kappa shape index (κ2) is 18.7. The van der Waals surface area contributed by atoms with Crippen LogP contribution in [0.25, 0.3) is 0 Å². The Kier molecular flexibility index (Phi) is 15.9. The fourth-order valence-corrected chi connectivity index (χ4v) is 3.85. The van der Waals surface area contributed by atoms with Crippen molar-refractivity contribution in [2.24, 2.45) is 5.92 Å². The number of aliphatic carboxylic acids is 3. The Morgan fingerprint density at radius 3 is 1.80 bits per heavy atom. The van der Waals surface area contributed by atoms with Crippen molar-refractivity contribution in [1.29, 1.82) is 0 Å². The summed E-state index contributed by atoms with van der Waals surface area (Å²) in [5.41, 5.74) is 0.609. The number of carboxylic acid groups (broad SMARTS) is 3. The summed E-state index contributed by atoms with van der Waals surface area (Å²) < 4.78 is 5.01. The van der Waals surface area contributed by atoms with Gasteiger partial charge in [-0.25, -0.2) is 4.79 Å². The smallest absolute Gasteiger partial charge is 0.408 e. The molecule has 4 atom stereocenters. The number of ether oxygens (including phenoxy) is 1. The molecule has 0 aromatic heterocycles. The number of ketones is 1. The van der Waals surface area contributed by atoms with Crippen LogP contribution in [0.2, 0.25) is 0 Å². The van der Waals surface area contributed by atoms with Crippen LogP contribution in [0.3, 0.4) is 0 Å². The van der Waals surface area contributed by atoms with E-state index in [1.807, 2.05) is 0 Å². The van der Waals surface area contributed by atoms with Crippen LogP contribution in [0.4, 0.5) is 4.79 Å². The highest BCUT2D eigenvalue weighted by Crippen LogP contribution is 2.08. The molecular weight excluding hydrogens is 608 g/mol. The normalized spacial score (nSPS) is 13.4. The van der Waals surface area contributed by atoms with E-state index in [-0.39, 0.29) is 6.61 Å². The molecule has 0 bridgehead atoms. The average Bonchev–Trinajstić information content (AvgIpc) is 2.95. The molecule has 0 radical (unpaired) electrons. The summed E-state index contributed by atoms with van der Waals surface area (Å²) in [5, 5.41) is 36.3. The highest BCUT2D eigenvalue weighted by molar-refractivity contribution is 6.28. The zero-order valence-corrected chi connectivity index (χ0v) is 24.7. The average molecular weight is 643 g/mol. The third-order valence-corrected chi connectivity index (χ3v) is 6.21. The summed E-state index contributed by atoms with van der Waals surface area (Å²) >= 11 is 5.50. The molecule has 0 saturated carbocycles. The van der Waals surface area contributed by atoms with Crippen LogP contribution in [0.15, 0.2) is 30.3 Å². The first kappa shape index (κ1) is 37.3. The van der Waals surface area contributed by atoms with Gasteiger partial charge in [-0.15, -0.1) is 11.6 Å². The lowest BCUT2D eigenvalue weighted by Crippen LogP contribution is -2.59. The molecule has 0 unspecified atom stereocenters. The summed E-state index contributed by atoms with van der Waals surface area (Å²) in [4.78, 5) is 97.2. The Balaban J connectivity index is 3.08. The van der Waals surface area contributed by atoms with Gasteiger partial charge < -0.3 is 41.3 Å². The maximum atomic E-state index is 13.2. The number of alkyl halides is 1. The van der Waals surface area contributed by atoms with Crippen molar-refractivity contribution >= 4 is 59.1 Å². The first-order valence-electron chi connectivity index (χ1n) is 13.3. The van der Waals surface area contributed by atoms with Crippen molar-refractivity contribution in [3.8, 4) is 0 Å². The maximum absolute atomic E-state index is 13.2. The molecule has 16 nitrogen and oxygen atoms in total. The molecule has 1 aromatic rings. The molecule has 0 aliphatic carbocycles. The van der Waals surface area contributed by atoms with Gasteiger partial charge in [-0.1, -0.05) is 44.2 Å². The van der Waals surface area contributed by atoms with Crippen LogP contribution in [0.1, 0.15) is 45.1 Å². The van der Waals surface area contributed by atoms with Crippen molar-refractivity contribution < 1.29 is 58.4 Å². The topological polar surface area (TPSA) is 255 Å². The Bertz CT molecular complexity index is 1210. The lowest BCUT2D eigenvalue weighted by Gasteiger charge is -2.27. The number of alkyl carbamates (subject to hydrolysis) is 1. The summed E-state index contributed by atoms with van der Waals surface area (Å²) in [6.45, 7) is 2.83. The summed E-state index contributed by atoms with van der Waals surface area (Å²) in [6, 6.07) is 2.21. The van der Waals surface area contributed by atoms with E-state index >= 15 is 0 Å². The molecule has 0 heterocycles. The third kappa shape index (κ3) is 14.0. The van der Waals surface area contributed by atoms with E-state index in [1.165, 1.54) is 13.8 Å². The van der Waals surface area contributed by atoms with Crippen LogP contribution >= 0.6 is 11.6 Å². The minimum Gasteiger partial charge on any atom is -0.481 e. The number of hydrogen-bond acceptors (Lipinski definition) is 9. The van der Waals surface area contributed by atoms with E-state index in [4.69, 9.17) is 26.6 Å². The number of carbonyl (C=O) groups excluding carboxylic acids is 5. The fourth-order valence-electron chi connectivity index (χ4n) is 3.66. The molecule has 1 rings (SSSR count). The van der Waals surface area contributed by atoms with Gasteiger partial charge in [-0.05, 0) is 17.9 Å². The van der Waals surface area contributed by atoms with E-state index in [0.29, 0.717) is 5.56 Å². The lowest BCUT2D eigenvalue weighted by atomic mass is 10.0. The number of benzene rings is 1.